The fourth-order valence-corrected chi connectivity index (χ4v) is 4.12. The second-order valence-electron chi connectivity index (χ2n) is 7.18. The number of morpholine rings is 1. The third-order valence-electron chi connectivity index (χ3n) is 5.10. The van der Waals surface area contributed by atoms with Crippen molar-refractivity contribution in [2.24, 2.45) is 0 Å². The molecule has 1 saturated heterocycles. The Hall–Kier alpha value is -2.55. The maximum atomic E-state index is 11.9. The lowest BCUT2D eigenvalue weighted by atomic mass is 10.1. The van der Waals surface area contributed by atoms with E-state index >= 15 is 0 Å². The fraction of sp³-hybridized carbons (Fsp3) is 0.333. The number of nitrogens with one attached hydrogen (secondary N) is 1. The molecule has 0 spiro atoms. The Morgan fingerprint density at radius 1 is 1.07 bits per heavy atom. The van der Waals surface area contributed by atoms with Gasteiger partial charge in [-0.3, -0.25) is 4.90 Å². The highest BCUT2D eigenvalue weighted by atomic mass is 32.2. The first-order valence-electron chi connectivity index (χ1n) is 9.56. The number of benzene rings is 2. The van der Waals surface area contributed by atoms with Crippen LogP contribution in [0.2, 0.25) is 0 Å². The van der Waals surface area contributed by atoms with Crippen molar-refractivity contribution in [2.45, 2.75) is 18.0 Å². The molecule has 0 saturated carbocycles. The van der Waals surface area contributed by atoms with Gasteiger partial charge in [0, 0.05) is 37.8 Å². The molecule has 1 aliphatic rings. The van der Waals surface area contributed by atoms with Gasteiger partial charge in [-0.1, -0.05) is 24.3 Å². The summed E-state index contributed by atoms with van der Waals surface area (Å²) in [6, 6.07) is 13.3. The minimum atomic E-state index is -3.30. The molecule has 29 heavy (non-hydrogen) atoms. The van der Waals surface area contributed by atoms with Crippen LogP contribution in [0.3, 0.4) is 0 Å². The highest BCUT2D eigenvalue weighted by molar-refractivity contribution is 7.90. The first kappa shape index (κ1) is 19.8. The predicted octanol–water partition coefficient (Wildman–Crippen LogP) is 2.48. The number of ether oxygens (including phenoxy) is 1. The van der Waals surface area contributed by atoms with Crippen molar-refractivity contribution < 1.29 is 13.2 Å². The summed E-state index contributed by atoms with van der Waals surface area (Å²) in [6.45, 7) is 4.89. The number of aromatic nitrogens is 2. The second kappa shape index (κ2) is 8.44. The molecule has 1 fully saturated rings. The van der Waals surface area contributed by atoms with Crippen LogP contribution in [-0.2, 0) is 27.7 Å². The molecule has 2 aromatic carbocycles. The molecule has 7 nitrogen and oxygen atoms in total. The molecule has 0 radical (unpaired) electrons. The number of fused-ring (bicyclic) bond motifs is 1. The maximum Gasteiger partial charge on any atom is 0.175 e. The molecule has 1 aromatic heterocycles. The Balaban J connectivity index is 1.57. The highest BCUT2D eigenvalue weighted by Gasteiger charge is 2.14. The van der Waals surface area contributed by atoms with E-state index in [2.05, 4.69) is 38.4 Å². The molecular formula is C21H24N4O3S. The van der Waals surface area contributed by atoms with Gasteiger partial charge < -0.3 is 10.1 Å². The third-order valence-corrected chi connectivity index (χ3v) is 6.21. The van der Waals surface area contributed by atoms with Crippen LogP contribution in [0.4, 0.5) is 5.82 Å². The molecular weight excluding hydrogens is 388 g/mol. The molecule has 3 aromatic rings. The van der Waals surface area contributed by atoms with Crippen molar-refractivity contribution in [3.05, 3.63) is 59.9 Å². The van der Waals surface area contributed by atoms with Gasteiger partial charge in [0.25, 0.3) is 0 Å². The summed E-state index contributed by atoms with van der Waals surface area (Å²) >= 11 is 0. The highest BCUT2D eigenvalue weighted by Crippen LogP contribution is 2.24. The van der Waals surface area contributed by atoms with Crippen LogP contribution in [0.15, 0.2) is 53.7 Å². The van der Waals surface area contributed by atoms with Crippen LogP contribution in [0.5, 0.6) is 0 Å². The molecule has 2 heterocycles. The van der Waals surface area contributed by atoms with E-state index in [0.717, 1.165) is 32.8 Å². The average Bonchev–Trinajstić information content (AvgIpc) is 2.73. The van der Waals surface area contributed by atoms with Gasteiger partial charge in [0.05, 0.1) is 23.6 Å². The Morgan fingerprint density at radius 2 is 1.83 bits per heavy atom. The van der Waals surface area contributed by atoms with Crippen molar-refractivity contribution >= 4 is 26.6 Å². The van der Waals surface area contributed by atoms with Gasteiger partial charge in [0.1, 0.15) is 12.1 Å². The van der Waals surface area contributed by atoms with Gasteiger partial charge in [0.15, 0.2) is 9.84 Å². The molecule has 8 heteroatoms. The Labute approximate surface area is 170 Å². The molecule has 1 aliphatic heterocycles. The van der Waals surface area contributed by atoms with E-state index in [9.17, 15) is 8.42 Å². The summed E-state index contributed by atoms with van der Waals surface area (Å²) in [4.78, 5) is 11.2. The normalized spacial score (nSPS) is 15.5. The zero-order chi connectivity index (χ0) is 20.3. The average molecular weight is 413 g/mol. The molecule has 1 N–H and O–H groups in total. The van der Waals surface area contributed by atoms with Gasteiger partial charge in [-0.15, -0.1) is 0 Å². The van der Waals surface area contributed by atoms with Crippen molar-refractivity contribution in [1.82, 2.24) is 14.9 Å². The number of sulfone groups is 1. The molecule has 0 amide bonds. The predicted molar refractivity (Wildman–Crippen MR) is 113 cm³/mol. The summed E-state index contributed by atoms with van der Waals surface area (Å²) in [5, 5.41) is 4.07. The number of hydrogen-bond acceptors (Lipinski definition) is 7. The van der Waals surface area contributed by atoms with Gasteiger partial charge in [0.2, 0.25) is 0 Å². The first-order valence-corrected chi connectivity index (χ1v) is 11.5. The summed E-state index contributed by atoms with van der Waals surface area (Å²) in [6.07, 6.45) is 2.69. The number of nitrogens with zero attached hydrogens (tertiary/aromatic N) is 3. The Morgan fingerprint density at radius 3 is 2.59 bits per heavy atom. The van der Waals surface area contributed by atoms with E-state index < -0.39 is 9.84 Å². The fourth-order valence-electron chi connectivity index (χ4n) is 3.47. The standard InChI is InChI=1S/C21H24N4O3S/c1-29(26,27)18-6-7-20-19(12-18)21(24-15-23-20)22-13-16-4-2-3-5-17(16)14-25-8-10-28-11-9-25/h2-7,12,15H,8-11,13-14H2,1H3,(H,22,23,24). The summed E-state index contributed by atoms with van der Waals surface area (Å²) in [5.74, 6) is 0.627. The van der Waals surface area contributed by atoms with E-state index in [-0.39, 0.29) is 4.90 Å². The summed E-state index contributed by atoms with van der Waals surface area (Å²) in [7, 11) is -3.30. The topological polar surface area (TPSA) is 84.4 Å². The van der Waals surface area contributed by atoms with E-state index in [1.54, 1.807) is 18.2 Å². The third kappa shape index (κ3) is 4.72. The van der Waals surface area contributed by atoms with Crippen molar-refractivity contribution in [2.75, 3.05) is 37.9 Å². The minimum absolute atomic E-state index is 0.260. The van der Waals surface area contributed by atoms with Crippen molar-refractivity contribution in [3.8, 4) is 0 Å². The monoisotopic (exact) mass is 412 g/mol. The number of anilines is 1. The minimum Gasteiger partial charge on any atom is -0.379 e. The van der Waals surface area contributed by atoms with Crippen LogP contribution >= 0.6 is 0 Å². The zero-order valence-electron chi connectivity index (χ0n) is 16.3. The van der Waals surface area contributed by atoms with Gasteiger partial charge >= 0.3 is 0 Å². The molecule has 152 valence electrons. The molecule has 0 bridgehead atoms. The van der Waals surface area contributed by atoms with Crippen LogP contribution < -0.4 is 5.32 Å². The zero-order valence-corrected chi connectivity index (χ0v) is 17.2. The van der Waals surface area contributed by atoms with E-state index in [4.69, 9.17) is 4.74 Å². The number of rotatable bonds is 6. The Kier molecular flexibility index (Phi) is 5.75. The maximum absolute atomic E-state index is 11.9. The van der Waals surface area contributed by atoms with Crippen LogP contribution in [0.25, 0.3) is 10.9 Å². The van der Waals surface area contributed by atoms with Crippen molar-refractivity contribution in [3.63, 3.8) is 0 Å². The van der Waals surface area contributed by atoms with Gasteiger partial charge in [-0.2, -0.15) is 0 Å². The van der Waals surface area contributed by atoms with E-state index in [1.807, 2.05) is 6.07 Å². The van der Waals surface area contributed by atoms with E-state index in [0.29, 0.717) is 23.3 Å². The molecule has 0 aliphatic carbocycles. The van der Waals surface area contributed by atoms with E-state index in [1.165, 1.54) is 23.7 Å². The summed E-state index contributed by atoms with van der Waals surface area (Å²) < 4.78 is 29.3. The largest absolute Gasteiger partial charge is 0.379 e. The number of hydrogen-bond donors (Lipinski definition) is 1. The lowest BCUT2D eigenvalue weighted by Crippen LogP contribution is -2.35. The molecule has 0 unspecified atom stereocenters. The second-order valence-corrected chi connectivity index (χ2v) is 9.20. The first-order chi connectivity index (χ1) is 14.0. The SMILES string of the molecule is CS(=O)(=O)c1ccc2ncnc(NCc3ccccc3CN3CCOCC3)c2c1. The van der Waals surface area contributed by atoms with Crippen LogP contribution in [0, 0.1) is 0 Å². The quantitative estimate of drug-likeness (QED) is 0.666. The van der Waals surface area contributed by atoms with Crippen LogP contribution in [-0.4, -0.2) is 55.8 Å². The lowest BCUT2D eigenvalue weighted by Gasteiger charge is -2.27. The molecule has 0 atom stereocenters. The molecule has 4 rings (SSSR count). The van der Waals surface area contributed by atoms with Gasteiger partial charge in [-0.05, 0) is 29.3 Å². The van der Waals surface area contributed by atoms with Crippen molar-refractivity contribution in [1.29, 1.82) is 0 Å². The smallest absolute Gasteiger partial charge is 0.175 e. The summed E-state index contributed by atoms with van der Waals surface area (Å²) in [5.41, 5.74) is 3.15. The van der Waals surface area contributed by atoms with Gasteiger partial charge in [-0.25, -0.2) is 18.4 Å². The Bertz CT molecular complexity index is 1110. The van der Waals surface area contributed by atoms with Crippen LogP contribution in [0.1, 0.15) is 11.1 Å². The lowest BCUT2D eigenvalue weighted by molar-refractivity contribution is 0.0341.